The summed E-state index contributed by atoms with van der Waals surface area (Å²) in [7, 11) is 5.15. The van der Waals surface area contributed by atoms with Gasteiger partial charge in [-0.25, -0.2) is 0 Å². The monoisotopic (exact) mass is 261 g/mol. The molecule has 19 heavy (non-hydrogen) atoms. The van der Waals surface area contributed by atoms with Crippen molar-refractivity contribution in [2.45, 2.75) is 13.0 Å². The van der Waals surface area contributed by atoms with Crippen molar-refractivity contribution in [3.8, 4) is 6.07 Å². The van der Waals surface area contributed by atoms with Crippen molar-refractivity contribution < 1.29 is 9.90 Å². The maximum atomic E-state index is 11.7. The van der Waals surface area contributed by atoms with Crippen molar-refractivity contribution in [2.24, 2.45) is 0 Å². The summed E-state index contributed by atoms with van der Waals surface area (Å²) in [4.78, 5) is 15.0. The van der Waals surface area contributed by atoms with Gasteiger partial charge in [-0.2, -0.15) is 5.26 Å². The van der Waals surface area contributed by atoms with E-state index in [2.05, 4.69) is 6.07 Å². The van der Waals surface area contributed by atoms with Crippen LogP contribution in [0.15, 0.2) is 18.2 Å². The minimum Gasteiger partial charge on any atom is -0.389 e. The number of aliphatic hydroxyl groups is 1. The van der Waals surface area contributed by atoms with E-state index < -0.39 is 6.10 Å². The minimum absolute atomic E-state index is 0.0404. The van der Waals surface area contributed by atoms with E-state index in [1.165, 1.54) is 4.90 Å². The lowest BCUT2D eigenvalue weighted by atomic mass is 10.0. The maximum Gasteiger partial charge on any atom is 0.241 e. The molecule has 0 aliphatic carbocycles. The van der Waals surface area contributed by atoms with Crippen LogP contribution < -0.4 is 4.90 Å². The molecule has 0 heterocycles. The number of carbonyl (C=O) groups is 1. The van der Waals surface area contributed by atoms with E-state index in [-0.39, 0.29) is 12.5 Å². The van der Waals surface area contributed by atoms with Gasteiger partial charge < -0.3 is 14.9 Å². The molecular formula is C14H19N3O2. The van der Waals surface area contributed by atoms with Gasteiger partial charge in [-0.05, 0) is 19.1 Å². The maximum absolute atomic E-state index is 11.7. The Bertz CT molecular complexity index is 504. The van der Waals surface area contributed by atoms with Crippen LogP contribution >= 0.6 is 0 Å². The second kappa shape index (κ2) is 6.21. The molecule has 0 bridgehead atoms. The second-order valence-electron chi connectivity index (χ2n) is 4.71. The van der Waals surface area contributed by atoms with Gasteiger partial charge in [0.2, 0.25) is 5.91 Å². The van der Waals surface area contributed by atoms with Gasteiger partial charge in [-0.15, -0.1) is 0 Å². The minimum atomic E-state index is -0.653. The fraction of sp³-hybridized carbons (Fsp3) is 0.429. The number of nitriles is 1. The number of benzene rings is 1. The zero-order valence-electron chi connectivity index (χ0n) is 11.7. The van der Waals surface area contributed by atoms with Crippen LogP contribution in [0.25, 0.3) is 0 Å². The van der Waals surface area contributed by atoms with E-state index in [9.17, 15) is 9.90 Å². The molecule has 0 fully saturated rings. The zero-order valence-corrected chi connectivity index (χ0v) is 11.7. The predicted octanol–water partition coefficient (Wildman–Crippen LogP) is 1.14. The first-order chi connectivity index (χ1) is 8.86. The first-order valence-corrected chi connectivity index (χ1v) is 6.00. The molecule has 1 aromatic rings. The number of hydrogen-bond acceptors (Lipinski definition) is 4. The number of anilines is 1. The molecule has 1 aromatic carbocycles. The molecular weight excluding hydrogens is 242 g/mol. The molecule has 1 N–H and O–H groups in total. The van der Waals surface area contributed by atoms with E-state index >= 15 is 0 Å². The molecule has 0 spiro atoms. The van der Waals surface area contributed by atoms with Crippen LogP contribution in [-0.2, 0) is 4.79 Å². The Morgan fingerprint density at radius 2 is 2.05 bits per heavy atom. The van der Waals surface area contributed by atoms with E-state index in [1.807, 2.05) is 0 Å². The Hall–Kier alpha value is -2.06. The third-order valence-electron chi connectivity index (χ3n) is 2.89. The number of likely N-dealkylation sites (N-methyl/N-ethyl adjacent to an activating group) is 2. The first kappa shape index (κ1) is 15.0. The van der Waals surface area contributed by atoms with Crippen molar-refractivity contribution in [3.63, 3.8) is 0 Å². The smallest absolute Gasteiger partial charge is 0.241 e. The van der Waals surface area contributed by atoms with Crippen LogP contribution in [0.2, 0.25) is 0 Å². The highest BCUT2D eigenvalue weighted by Crippen LogP contribution is 2.26. The van der Waals surface area contributed by atoms with Gasteiger partial charge in [0.1, 0.15) is 0 Å². The second-order valence-corrected chi connectivity index (χ2v) is 4.71. The van der Waals surface area contributed by atoms with Crippen LogP contribution in [0.3, 0.4) is 0 Å². The van der Waals surface area contributed by atoms with Crippen molar-refractivity contribution >= 4 is 11.6 Å². The molecule has 5 heteroatoms. The highest BCUT2D eigenvalue weighted by atomic mass is 16.3. The lowest BCUT2D eigenvalue weighted by Crippen LogP contribution is -2.34. The molecule has 0 unspecified atom stereocenters. The summed E-state index contributed by atoms with van der Waals surface area (Å²) in [6.07, 6.45) is -0.653. The molecule has 0 aliphatic heterocycles. The first-order valence-electron chi connectivity index (χ1n) is 6.00. The quantitative estimate of drug-likeness (QED) is 0.882. The third kappa shape index (κ3) is 3.70. The van der Waals surface area contributed by atoms with Gasteiger partial charge in [0.15, 0.2) is 0 Å². The number of amides is 1. The largest absolute Gasteiger partial charge is 0.389 e. The van der Waals surface area contributed by atoms with Gasteiger partial charge in [0.05, 0.1) is 24.3 Å². The lowest BCUT2D eigenvalue weighted by molar-refractivity contribution is -0.127. The molecule has 1 rings (SSSR count). The molecule has 5 nitrogen and oxygen atoms in total. The number of rotatable bonds is 4. The van der Waals surface area contributed by atoms with E-state index in [0.29, 0.717) is 16.8 Å². The summed E-state index contributed by atoms with van der Waals surface area (Å²) >= 11 is 0. The SMILES string of the molecule is C[C@@H](O)c1ccc(C#N)cc1N(C)CC(=O)N(C)C. The van der Waals surface area contributed by atoms with Crippen LogP contribution in [0, 0.1) is 11.3 Å². The Balaban J connectivity index is 3.09. The molecule has 0 radical (unpaired) electrons. The van der Waals surface area contributed by atoms with Crippen molar-refractivity contribution in [2.75, 3.05) is 32.6 Å². The summed E-state index contributed by atoms with van der Waals surface area (Å²) in [6.45, 7) is 1.86. The summed E-state index contributed by atoms with van der Waals surface area (Å²) in [5.41, 5.74) is 1.90. The molecule has 102 valence electrons. The Morgan fingerprint density at radius 1 is 1.42 bits per heavy atom. The van der Waals surface area contributed by atoms with Gasteiger partial charge in [-0.1, -0.05) is 6.07 Å². The van der Waals surface area contributed by atoms with Gasteiger partial charge in [0.25, 0.3) is 0 Å². The standard InChI is InChI=1S/C14H19N3O2/c1-10(18)12-6-5-11(8-15)7-13(12)17(4)9-14(19)16(2)3/h5-7,10,18H,9H2,1-4H3/t10-/m1/s1. The number of carbonyl (C=O) groups excluding carboxylic acids is 1. The van der Waals surface area contributed by atoms with Gasteiger partial charge >= 0.3 is 0 Å². The predicted molar refractivity (Wildman–Crippen MR) is 73.8 cm³/mol. The van der Waals surface area contributed by atoms with Gasteiger partial charge in [0, 0.05) is 32.4 Å². The van der Waals surface area contributed by atoms with Crippen LogP contribution in [0.4, 0.5) is 5.69 Å². The third-order valence-corrected chi connectivity index (χ3v) is 2.89. The van der Waals surface area contributed by atoms with E-state index in [0.717, 1.165) is 0 Å². The summed E-state index contributed by atoms with van der Waals surface area (Å²) in [5, 5.41) is 18.7. The number of aliphatic hydroxyl groups excluding tert-OH is 1. The average Bonchev–Trinajstić information content (AvgIpc) is 2.37. The highest BCUT2D eigenvalue weighted by Gasteiger charge is 2.15. The number of nitrogens with zero attached hydrogens (tertiary/aromatic N) is 3. The van der Waals surface area contributed by atoms with Crippen LogP contribution in [-0.4, -0.2) is 43.6 Å². The molecule has 0 aliphatic rings. The molecule has 1 atom stereocenters. The normalized spacial score (nSPS) is 11.6. The van der Waals surface area contributed by atoms with Crippen LogP contribution in [0.1, 0.15) is 24.2 Å². The fourth-order valence-corrected chi connectivity index (χ4v) is 1.73. The molecule has 0 saturated heterocycles. The topological polar surface area (TPSA) is 67.6 Å². The Kier molecular flexibility index (Phi) is 4.90. The van der Waals surface area contributed by atoms with Crippen LogP contribution in [0.5, 0.6) is 0 Å². The highest BCUT2D eigenvalue weighted by molar-refractivity contribution is 5.81. The van der Waals surface area contributed by atoms with E-state index in [4.69, 9.17) is 5.26 Å². The summed E-state index contributed by atoms with van der Waals surface area (Å²) in [6, 6.07) is 7.12. The molecule has 0 saturated carbocycles. The zero-order chi connectivity index (χ0) is 14.6. The lowest BCUT2D eigenvalue weighted by Gasteiger charge is -2.24. The fourth-order valence-electron chi connectivity index (χ4n) is 1.73. The van der Waals surface area contributed by atoms with Crippen molar-refractivity contribution in [3.05, 3.63) is 29.3 Å². The Labute approximate surface area is 113 Å². The Morgan fingerprint density at radius 3 is 2.53 bits per heavy atom. The number of hydrogen-bond donors (Lipinski definition) is 1. The molecule has 0 aromatic heterocycles. The summed E-state index contributed by atoms with van der Waals surface area (Å²) in [5.74, 6) is -0.0404. The van der Waals surface area contributed by atoms with Crippen molar-refractivity contribution in [1.82, 2.24) is 4.90 Å². The molecule has 1 amide bonds. The van der Waals surface area contributed by atoms with Crippen molar-refractivity contribution in [1.29, 1.82) is 5.26 Å². The van der Waals surface area contributed by atoms with Gasteiger partial charge in [-0.3, -0.25) is 4.79 Å². The average molecular weight is 261 g/mol. The summed E-state index contributed by atoms with van der Waals surface area (Å²) < 4.78 is 0. The van der Waals surface area contributed by atoms with E-state index in [1.54, 1.807) is 51.2 Å².